The number of benzene rings is 1. The second kappa shape index (κ2) is 8.82. The van der Waals surface area contributed by atoms with Gasteiger partial charge in [0.25, 0.3) is 0 Å². The fourth-order valence-electron chi connectivity index (χ4n) is 1.96. The molecule has 0 saturated heterocycles. The molecule has 0 amide bonds. The SMILES string of the molecule is C=C(C)C[C@@H](/C=C/C)OC(=O)[C@@H](OC(C)=O)c1ccccc1. The van der Waals surface area contributed by atoms with Crippen LogP contribution in [0.3, 0.4) is 0 Å². The molecule has 1 aromatic carbocycles. The third kappa shape index (κ3) is 5.95. The van der Waals surface area contributed by atoms with E-state index in [0.29, 0.717) is 12.0 Å². The Morgan fingerprint density at radius 1 is 1.18 bits per heavy atom. The molecule has 22 heavy (non-hydrogen) atoms. The summed E-state index contributed by atoms with van der Waals surface area (Å²) < 4.78 is 10.6. The first kappa shape index (κ1) is 17.7. The highest BCUT2D eigenvalue weighted by molar-refractivity contribution is 5.80. The normalized spacial score (nSPS) is 13.4. The second-order valence-electron chi connectivity index (χ2n) is 5.06. The molecule has 0 saturated carbocycles. The lowest BCUT2D eigenvalue weighted by Crippen LogP contribution is -2.25. The van der Waals surface area contributed by atoms with Crippen LogP contribution in [0.2, 0.25) is 0 Å². The van der Waals surface area contributed by atoms with Crippen molar-refractivity contribution in [1.82, 2.24) is 0 Å². The number of hydrogen-bond donors (Lipinski definition) is 0. The Morgan fingerprint density at radius 3 is 2.32 bits per heavy atom. The van der Waals surface area contributed by atoms with E-state index in [9.17, 15) is 9.59 Å². The van der Waals surface area contributed by atoms with Gasteiger partial charge in [0.15, 0.2) is 0 Å². The molecule has 0 aromatic heterocycles. The highest BCUT2D eigenvalue weighted by Crippen LogP contribution is 2.21. The van der Waals surface area contributed by atoms with Gasteiger partial charge in [-0.3, -0.25) is 4.79 Å². The second-order valence-corrected chi connectivity index (χ2v) is 5.06. The number of carbonyl (C=O) groups excluding carboxylic acids is 2. The summed E-state index contributed by atoms with van der Waals surface area (Å²) >= 11 is 0. The summed E-state index contributed by atoms with van der Waals surface area (Å²) in [7, 11) is 0. The van der Waals surface area contributed by atoms with Crippen molar-refractivity contribution in [2.45, 2.75) is 39.4 Å². The minimum atomic E-state index is -1.06. The van der Waals surface area contributed by atoms with Crippen LogP contribution < -0.4 is 0 Å². The Labute approximate surface area is 131 Å². The average Bonchev–Trinajstić information content (AvgIpc) is 2.45. The average molecular weight is 302 g/mol. The van der Waals surface area contributed by atoms with Gasteiger partial charge in [0, 0.05) is 18.9 Å². The fraction of sp³-hybridized carbons (Fsp3) is 0.333. The van der Waals surface area contributed by atoms with Gasteiger partial charge in [-0.2, -0.15) is 0 Å². The van der Waals surface area contributed by atoms with Gasteiger partial charge in [0.05, 0.1) is 0 Å². The monoisotopic (exact) mass is 302 g/mol. The van der Waals surface area contributed by atoms with Crippen LogP contribution in [0.4, 0.5) is 0 Å². The van der Waals surface area contributed by atoms with E-state index < -0.39 is 24.1 Å². The van der Waals surface area contributed by atoms with Crippen molar-refractivity contribution in [2.75, 3.05) is 0 Å². The van der Waals surface area contributed by atoms with Crippen LogP contribution in [0.1, 0.15) is 38.9 Å². The molecule has 0 spiro atoms. The van der Waals surface area contributed by atoms with Crippen LogP contribution in [-0.2, 0) is 19.1 Å². The molecule has 4 heteroatoms. The molecular formula is C18H22O4. The molecule has 0 bridgehead atoms. The quantitative estimate of drug-likeness (QED) is 0.568. The van der Waals surface area contributed by atoms with Crippen LogP contribution >= 0.6 is 0 Å². The van der Waals surface area contributed by atoms with E-state index >= 15 is 0 Å². The molecule has 0 aliphatic rings. The van der Waals surface area contributed by atoms with Crippen molar-refractivity contribution in [3.63, 3.8) is 0 Å². The summed E-state index contributed by atoms with van der Waals surface area (Å²) in [6, 6.07) is 8.81. The minimum Gasteiger partial charge on any atom is -0.455 e. The zero-order valence-corrected chi connectivity index (χ0v) is 13.2. The van der Waals surface area contributed by atoms with Crippen molar-refractivity contribution in [3.8, 4) is 0 Å². The van der Waals surface area contributed by atoms with Crippen molar-refractivity contribution < 1.29 is 19.1 Å². The van der Waals surface area contributed by atoms with Gasteiger partial charge >= 0.3 is 11.9 Å². The van der Waals surface area contributed by atoms with Crippen molar-refractivity contribution in [2.24, 2.45) is 0 Å². The Hall–Kier alpha value is -2.36. The highest BCUT2D eigenvalue weighted by Gasteiger charge is 2.27. The summed E-state index contributed by atoms with van der Waals surface area (Å²) in [5.74, 6) is -1.13. The van der Waals surface area contributed by atoms with Crippen LogP contribution in [0, 0.1) is 0 Å². The van der Waals surface area contributed by atoms with Gasteiger partial charge in [-0.1, -0.05) is 48.6 Å². The number of rotatable bonds is 7. The first-order chi connectivity index (χ1) is 10.4. The molecule has 118 valence electrons. The van der Waals surface area contributed by atoms with Crippen LogP contribution in [0.5, 0.6) is 0 Å². The van der Waals surface area contributed by atoms with Gasteiger partial charge in [-0.05, 0) is 19.9 Å². The number of hydrogen-bond acceptors (Lipinski definition) is 4. The molecule has 1 aromatic rings. The van der Waals surface area contributed by atoms with E-state index in [-0.39, 0.29) is 0 Å². The van der Waals surface area contributed by atoms with E-state index in [1.807, 2.05) is 26.0 Å². The summed E-state index contributed by atoms with van der Waals surface area (Å²) in [5, 5.41) is 0. The molecule has 0 heterocycles. The molecule has 4 nitrogen and oxygen atoms in total. The summed E-state index contributed by atoms with van der Waals surface area (Å²) in [4.78, 5) is 23.6. The Morgan fingerprint density at radius 2 is 1.82 bits per heavy atom. The summed E-state index contributed by atoms with van der Waals surface area (Å²) in [6.45, 7) is 8.80. The Balaban J connectivity index is 2.91. The minimum absolute atomic E-state index is 0.420. The van der Waals surface area contributed by atoms with Crippen molar-refractivity contribution in [3.05, 3.63) is 60.2 Å². The van der Waals surface area contributed by atoms with E-state index in [4.69, 9.17) is 9.47 Å². The predicted octanol–water partition coefficient (Wildman–Crippen LogP) is 3.74. The van der Waals surface area contributed by atoms with E-state index in [1.54, 1.807) is 30.3 Å². The lowest BCUT2D eigenvalue weighted by atomic mass is 10.1. The number of esters is 2. The van der Waals surface area contributed by atoms with E-state index in [1.165, 1.54) is 6.92 Å². The molecule has 0 fully saturated rings. The highest BCUT2D eigenvalue weighted by atomic mass is 16.6. The smallest absolute Gasteiger partial charge is 0.352 e. The maximum absolute atomic E-state index is 12.4. The van der Waals surface area contributed by atoms with E-state index in [2.05, 4.69) is 6.58 Å². The third-order valence-electron chi connectivity index (χ3n) is 2.82. The van der Waals surface area contributed by atoms with Crippen molar-refractivity contribution >= 4 is 11.9 Å². The molecule has 0 aliphatic heterocycles. The largest absolute Gasteiger partial charge is 0.455 e. The standard InChI is InChI=1S/C18H22O4/c1-5-9-16(12-13(2)3)22-18(20)17(21-14(4)19)15-10-7-6-8-11-15/h5-11,16-17H,2,12H2,1,3-4H3/b9-5+/t16-,17+/m1/s1. The zero-order valence-electron chi connectivity index (χ0n) is 13.2. The predicted molar refractivity (Wildman–Crippen MR) is 85.1 cm³/mol. The maximum Gasteiger partial charge on any atom is 0.352 e. The van der Waals surface area contributed by atoms with Gasteiger partial charge in [-0.25, -0.2) is 4.79 Å². The van der Waals surface area contributed by atoms with Crippen molar-refractivity contribution in [1.29, 1.82) is 0 Å². The maximum atomic E-state index is 12.4. The molecule has 0 unspecified atom stereocenters. The Bertz CT molecular complexity index is 545. The topological polar surface area (TPSA) is 52.6 Å². The molecule has 0 N–H and O–H groups in total. The zero-order chi connectivity index (χ0) is 16.5. The van der Waals surface area contributed by atoms with Gasteiger partial charge in [0.1, 0.15) is 6.10 Å². The summed E-state index contributed by atoms with van der Waals surface area (Å²) in [6.07, 6.45) is 2.64. The number of ether oxygens (including phenoxy) is 2. The van der Waals surface area contributed by atoms with Crippen LogP contribution in [0.25, 0.3) is 0 Å². The Kier molecular flexibility index (Phi) is 7.09. The van der Waals surface area contributed by atoms with Crippen LogP contribution in [-0.4, -0.2) is 18.0 Å². The molecule has 0 radical (unpaired) electrons. The lowest BCUT2D eigenvalue weighted by molar-refractivity contribution is -0.169. The first-order valence-corrected chi connectivity index (χ1v) is 7.14. The first-order valence-electron chi connectivity index (χ1n) is 7.14. The molecular weight excluding hydrogens is 280 g/mol. The summed E-state index contributed by atoms with van der Waals surface area (Å²) in [5.41, 5.74) is 1.48. The number of allylic oxidation sites excluding steroid dienone is 1. The van der Waals surface area contributed by atoms with Gasteiger partial charge < -0.3 is 9.47 Å². The van der Waals surface area contributed by atoms with Crippen LogP contribution in [0.15, 0.2) is 54.6 Å². The fourth-order valence-corrected chi connectivity index (χ4v) is 1.96. The molecule has 1 rings (SSSR count). The molecule has 0 aliphatic carbocycles. The third-order valence-corrected chi connectivity index (χ3v) is 2.82. The lowest BCUT2D eigenvalue weighted by Gasteiger charge is -2.20. The molecule has 2 atom stereocenters. The van der Waals surface area contributed by atoms with E-state index in [0.717, 1.165) is 5.57 Å². The number of carbonyl (C=O) groups is 2. The van der Waals surface area contributed by atoms with Gasteiger partial charge in [-0.15, -0.1) is 0 Å². The van der Waals surface area contributed by atoms with Gasteiger partial charge in [0.2, 0.25) is 6.10 Å².